The van der Waals surface area contributed by atoms with E-state index in [-0.39, 0.29) is 5.75 Å². The third-order valence-electron chi connectivity index (χ3n) is 3.02. The molecule has 0 unspecified atom stereocenters. The molecule has 0 aliphatic rings. The number of imidazole rings is 1. The molecule has 0 saturated heterocycles. The van der Waals surface area contributed by atoms with Crippen LogP contribution in [-0.4, -0.2) is 21.6 Å². The largest absolute Gasteiger partial charge is 0.333 e. The number of para-hydroxylation sites is 2. The van der Waals surface area contributed by atoms with Gasteiger partial charge >= 0.3 is 0 Å². The van der Waals surface area contributed by atoms with E-state index in [1.54, 1.807) is 0 Å². The van der Waals surface area contributed by atoms with Gasteiger partial charge in [-0.05, 0) is 24.3 Å². The number of benzene rings is 2. The summed E-state index contributed by atoms with van der Waals surface area (Å²) in [7, 11) is 0. The molecule has 0 atom stereocenters. The highest BCUT2D eigenvalue weighted by Gasteiger charge is 2.15. The summed E-state index contributed by atoms with van der Waals surface area (Å²) in [4.78, 5) is 19.1. The van der Waals surface area contributed by atoms with Crippen LogP contribution in [0.2, 0.25) is 0 Å². The average molecular weight is 337 g/mol. The van der Waals surface area contributed by atoms with E-state index in [1.807, 2.05) is 24.3 Å². The number of thioether (sulfide) groups is 1. The van der Waals surface area contributed by atoms with E-state index in [4.69, 9.17) is 0 Å². The van der Waals surface area contributed by atoms with Gasteiger partial charge < -0.3 is 10.3 Å². The zero-order valence-corrected chi connectivity index (χ0v) is 12.4. The van der Waals surface area contributed by atoms with E-state index in [0.29, 0.717) is 5.16 Å². The van der Waals surface area contributed by atoms with E-state index >= 15 is 0 Å². The Balaban J connectivity index is 1.64. The van der Waals surface area contributed by atoms with Gasteiger partial charge in [-0.3, -0.25) is 4.79 Å². The zero-order valence-electron chi connectivity index (χ0n) is 11.6. The van der Waals surface area contributed by atoms with Gasteiger partial charge in [0, 0.05) is 0 Å². The molecule has 0 bridgehead atoms. The molecule has 23 heavy (non-hydrogen) atoms. The Labute approximate surface area is 133 Å². The minimum Gasteiger partial charge on any atom is -0.333 e. The maximum absolute atomic E-state index is 13.5. The number of rotatable bonds is 4. The molecule has 0 radical (unpaired) electrons. The van der Waals surface area contributed by atoms with Crippen LogP contribution in [0.1, 0.15) is 0 Å². The van der Waals surface area contributed by atoms with E-state index in [0.717, 1.165) is 34.9 Å². The highest BCUT2D eigenvalue weighted by molar-refractivity contribution is 7.99. The summed E-state index contributed by atoms with van der Waals surface area (Å²) < 4.78 is 39.4. The first-order chi connectivity index (χ1) is 11.0. The van der Waals surface area contributed by atoms with Crippen LogP contribution < -0.4 is 5.32 Å². The molecule has 0 fully saturated rings. The minimum absolute atomic E-state index is 0.0573. The third-order valence-corrected chi connectivity index (χ3v) is 3.89. The number of hydrogen-bond donors (Lipinski definition) is 2. The van der Waals surface area contributed by atoms with Crippen LogP contribution in [-0.2, 0) is 4.79 Å². The van der Waals surface area contributed by atoms with Gasteiger partial charge in [0.1, 0.15) is 0 Å². The summed E-state index contributed by atoms with van der Waals surface area (Å²) in [5.41, 5.74) is 1.20. The van der Waals surface area contributed by atoms with Crippen LogP contribution in [0.4, 0.5) is 18.9 Å². The van der Waals surface area contributed by atoms with Crippen LogP contribution in [0.15, 0.2) is 41.6 Å². The van der Waals surface area contributed by atoms with Gasteiger partial charge in [-0.15, -0.1) is 0 Å². The Kier molecular flexibility index (Phi) is 4.24. The van der Waals surface area contributed by atoms with Gasteiger partial charge in [-0.2, -0.15) is 0 Å². The van der Waals surface area contributed by atoms with Crippen LogP contribution in [0, 0.1) is 17.5 Å². The van der Waals surface area contributed by atoms with Crippen molar-refractivity contribution >= 4 is 34.4 Å². The molecule has 0 spiro atoms. The quantitative estimate of drug-likeness (QED) is 0.564. The lowest BCUT2D eigenvalue weighted by molar-refractivity contribution is -0.113. The molecule has 1 amide bonds. The van der Waals surface area contributed by atoms with Crippen molar-refractivity contribution in [3.63, 3.8) is 0 Å². The lowest BCUT2D eigenvalue weighted by Gasteiger charge is -2.06. The van der Waals surface area contributed by atoms with Crippen molar-refractivity contribution in [2.24, 2.45) is 0 Å². The smallest absolute Gasteiger partial charge is 0.234 e. The highest BCUT2D eigenvalue weighted by atomic mass is 32.2. The van der Waals surface area contributed by atoms with E-state index < -0.39 is 29.0 Å². The van der Waals surface area contributed by atoms with Gasteiger partial charge in [0.15, 0.2) is 22.6 Å². The fourth-order valence-corrected chi connectivity index (χ4v) is 2.63. The van der Waals surface area contributed by atoms with Crippen molar-refractivity contribution in [3.8, 4) is 0 Å². The maximum Gasteiger partial charge on any atom is 0.234 e. The molecule has 4 nitrogen and oxygen atoms in total. The van der Waals surface area contributed by atoms with Crippen LogP contribution >= 0.6 is 11.8 Å². The fraction of sp³-hybridized carbons (Fsp3) is 0.0667. The SMILES string of the molecule is O=C(CSc1nc2ccccc2[nH]1)Nc1ccc(F)c(F)c1F. The standard InChI is InChI=1S/C15H10F3N3OS/c16-8-5-6-11(14(18)13(8)17)19-12(22)7-23-15-20-9-3-1-2-4-10(9)21-15/h1-6H,7H2,(H,19,22)(H,20,21). The minimum atomic E-state index is -1.62. The summed E-state index contributed by atoms with van der Waals surface area (Å²) in [6.07, 6.45) is 0. The first kappa shape index (κ1) is 15.4. The number of carbonyl (C=O) groups excluding carboxylic acids is 1. The second kappa shape index (κ2) is 6.33. The number of aromatic nitrogens is 2. The maximum atomic E-state index is 13.5. The lowest BCUT2D eigenvalue weighted by atomic mass is 10.3. The Morgan fingerprint density at radius 1 is 1.13 bits per heavy atom. The number of aromatic amines is 1. The molecule has 0 aliphatic carbocycles. The normalized spacial score (nSPS) is 10.9. The molecule has 1 heterocycles. The third kappa shape index (κ3) is 3.31. The summed E-state index contributed by atoms with van der Waals surface area (Å²) in [6.45, 7) is 0. The molecule has 118 valence electrons. The first-order valence-electron chi connectivity index (χ1n) is 6.55. The topological polar surface area (TPSA) is 57.8 Å². The molecule has 3 rings (SSSR count). The molecule has 1 aromatic heterocycles. The molecule has 0 aliphatic heterocycles. The average Bonchev–Trinajstić information content (AvgIpc) is 2.96. The zero-order chi connectivity index (χ0) is 16.4. The molecule has 8 heteroatoms. The van der Waals surface area contributed by atoms with Crippen LogP contribution in [0.5, 0.6) is 0 Å². The Morgan fingerprint density at radius 2 is 1.91 bits per heavy atom. The number of nitrogens with one attached hydrogen (secondary N) is 2. The molecule has 0 saturated carbocycles. The number of H-pyrrole nitrogens is 1. The summed E-state index contributed by atoms with van der Waals surface area (Å²) in [5.74, 6) is -4.96. The Bertz CT molecular complexity index is 849. The van der Waals surface area contributed by atoms with Crippen LogP contribution in [0.3, 0.4) is 0 Å². The number of fused-ring (bicyclic) bond motifs is 1. The van der Waals surface area contributed by atoms with Crippen molar-refractivity contribution in [2.75, 3.05) is 11.1 Å². The second-order valence-electron chi connectivity index (χ2n) is 4.62. The van der Waals surface area contributed by atoms with Crippen molar-refractivity contribution < 1.29 is 18.0 Å². The van der Waals surface area contributed by atoms with Gasteiger partial charge in [-0.1, -0.05) is 23.9 Å². The monoisotopic (exact) mass is 337 g/mol. The van der Waals surface area contributed by atoms with Crippen molar-refractivity contribution in [1.82, 2.24) is 9.97 Å². The number of anilines is 1. The fourth-order valence-electron chi connectivity index (χ4n) is 1.94. The molecular weight excluding hydrogens is 327 g/mol. The van der Waals surface area contributed by atoms with Gasteiger partial charge in [0.05, 0.1) is 22.5 Å². The van der Waals surface area contributed by atoms with Crippen LogP contribution in [0.25, 0.3) is 11.0 Å². The first-order valence-corrected chi connectivity index (χ1v) is 7.54. The van der Waals surface area contributed by atoms with Gasteiger partial charge in [0.2, 0.25) is 5.91 Å². The number of amides is 1. The van der Waals surface area contributed by atoms with Crippen molar-refractivity contribution in [2.45, 2.75) is 5.16 Å². The Hall–Kier alpha value is -2.48. The highest BCUT2D eigenvalue weighted by Crippen LogP contribution is 2.22. The lowest BCUT2D eigenvalue weighted by Crippen LogP contribution is -2.16. The number of nitrogens with zero attached hydrogens (tertiary/aromatic N) is 1. The van der Waals surface area contributed by atoms with E-state index in [9.17, 15) is 18.0 Å². The molecule has 2 aromatic carbocycles. The predicted octanol–water partition coefficient (Wildman–Crippen LogP) is 3.71. The second-order valence-corrected chi connectivity index (χ2v) is 5.58. The predicted molar refractivity (Wildman–Crippen MR) is 81.8 cm³/mol. The Morgan fingerprint density at radius 3 is 2.70 bits per heavy atom. The number of halogens is 3. The van der Waals surface area contributed by atoms with Crippen molar-refractivity contribution in [3.05, 3.63) is 53.8 Å². The molecular formula is C15H10F3N3OS. The summed E-state index contributed by atoms with van der Waals surface area (Å²) in [6, 6.07) is 9.09. The summed E-state index contributed by atoms with van der Waals surface area (Å²) >= 11 is 1.12. The van der Waals surface area contributed by atoms with Gasteiger partial charge in [-0.25, -0.2) is 18.2 Å². The number of hydrogen-bond acceptors (Lipinski definition) is 3. The van der Waals surface area contributed by atoms with Gasteiger partial charge in [0.25, 0.3) is 0 Å². The summed E-state index contributed by atoms with van der Waals surface area (Å²) in [5, 5.41) is 2.73. The molecule has 2 N–H and O–H groups in total. The van der Waals surface area contributed by atoms with E-state index in [1.165, 1.54) is 0 Å². The number of carbonyl (C=O) groups is 1. The van der Waals surface area contributed by atoms with E-state index in [2.05, 4.69) is 15.3 Å². The van der Waals surface area contributed by atoms with Crippen molar-refractivity contribution in [1.29, 1.82) is 0 Å². The molecule has 3 aromatic rings.